The van der Waals surface area contributed by atoms with Crippen LogP contribution in [0.5, 0.6) is 0 Å². The van der Waals surface area contributed by atoms with Crippen LogP contribution in [0.4, 0.5) is 0 Å². The molecule has 0 aliphatic rings. The van der Waals surface area contributed by atoms with Crippen molar-refractivity contribution in [1.29, 1.82) is 5.26 Å². The molecular weight excluding hydrogens is 150 g/mol. The normalized spacial score (nSPS) is 12.1. The molecule has 0 radical (unpaired) electrons. The number of benzene rings is 1. The van der Waals surface area contributed by atoms with E-state index < -0.39 is 0 Å². The van der Waals surface area contributed by atoms with Crippen molar-refractivity contribution in [1.82, 2.24) is 0 Å². The molecule has 0 aliphatic carbocycles. The Bertz CT molecular complexity index is 299. The van der Waals surface area contributed by atoms with Crippen LogP contribution in [-0.2, 0) is 6.42 Å². The third kappa shape index (κ3) is 2.37. The largest absolute Gasteiger partial charge is 0.393 e. The SMILES string of the molecule is C[C@@H](O)Cc1cccc(C#N)c1. The number of rotatable bonds is 2. The summed E-state index contributed by atoms with van der Waals surface area (Å²) in [7, 11) is 0. The summed E-state index contributed by atoms with van der Waals surface area (Å²) in [4.78, 5) is 0. The van der Waals surface area contributed by atoms with Gasteiger partial charge in [-0.1, -0.05) is 12.1 Å². The highest BCUT2D eigenvalue weighted by atomic mass is 16.3. The average Bonchev–Trinajstić information content (AvgIpc) is 2.03. The second-order valence-electron chi connectivity index (χ2n) is 2.87. The van der Waals surface area contributed by atoms with Crippen LogP contribution < -0.4 is 0 Å². The minimum Gasteiger partial charge on any atom is -0.393 e. The molecule has 1 aromatic carbocycles. The summed E-state index contributed by atoms with van der Waals surface area (Å²) in [5, 5.41) is 17.7. The summed E-state index contributed by atoms with van der Waals surface area (Å²) in [6, 6.07) is 9.35. The standard InChI is InChI=1S/C10H11NO/c1-8(12)5-9-3-2-4-10(6-9)7-11/h2-4,6,8,12H,5H2,1H3/t8-/m1/s1. The summed E-state index contributed by atoms with van der Waals surface area (Å²) in [6.45, 7) is 1.74. The van der Waals surface area contributed by atoms with Crippen molar-refractivity contribution in [3.8, 4) is 6.07 Å². The van der Waals surface area contributed by atoms with E-state index in [9.17, 15) is 0 Å². The Morgan fingerprint density at radius 1 is 1.58 bits per heavy atom. The van der Waals surface area contributed by atoms with E-state index in [0.717, 1.165) is 5.56 Å². The van der Waals surface area contributed by atoms with Crippen molar-refractivity contribution in [2.75, 3.05) is 0 Å². The molecule has 0 heterocycles. The van der Waals surface area contributed by atoms with Gasteiger partial charge in [0, 0.05) is 0 Å². The van der Waals surface area contributed by atoms with Gasteiger partial charge in [0.25, 0.3) is 0 Å². The zero-order valence-corrected chi connectivity index (χ0v) is 6.99. The van der Waals surface area contributed by atoms with Gasteiger partial charge in [0.15, 0.2) is 0 Å². The molecule has 62 valence electrons. The zero-order chi connectivity index (χ0) is 8.97. The molecule has 0 fully saturated rings. The lowest BCUT2D eigenvalue weighted by atomic mass is 10.1. The first-order valence-corrected chi connectivity index (χ1v) is 3.89. The van der Waals surface area contributed by atoms with Gasteiger partial charge in [-0.15, -0.1) is 0 Å². The van der Waals surface area contributed by atoms with Gasteiger partial charge < -0.3 is 5.11 Å². The molecule has 0 amide bonds. The first-order chi connectivity index (χ1) is 5.72. The smallest absolute Gasteiger partial charge is 0.0991 e. The monoisotopic (exact) mass is 161 g/mol. The topological polar surface area (TPSA) is 44.0 Å². The van der Waals surface area contributed by atoms with Crippen molar-refractivity contribution < 1.29 is 5.11 Å². The van der Waals surface area contributed by atoms with Crippen molar-refractivity contribution in [2.24, 2.45) is 0 Å². The molecule has 1 N–H and O–H groups in total. The van der Waals surface area contributed by atoms with Gasteiger partial charge in [-0.2, -0.15) is 5.26 Å². The summed E-state index contributed by atoms with van der Waals surface area (Å²) >= 11 is 0. The first kappa shape index (κ1) is 8.76. The molecule has 0 spiro atoms. The van der Waals surface area contributed by atoms with Crippen LogP contribution in [-0.4, -0.2) is 11.2 Å². The summed E-state index contributed by atoms with van der Waals surface area (Å²) in [6.07, 6.45) is 0.258. The molecule has 0 saturated carbocycles. The van der Waals surface area contributed by atoms with E-state index in [1.807, 2.05) is 12.1 Å². The molecule has 2 heteroatoms. The molecule has 0 bridgehead atoms. The molecule has 1 rings (SSSR count). The van der Waals surface area contributed by atoms with Crippen LogP contribution in [0.2, 0.25) is 0 Å². The summed E-state index contributed by atoms with van der Waals surface area (Å²) in [5.41, 5.74) is 1.65. The Labute approximate surface area is 72.1 Å². The van der Waals surface area contributed by atoms with Gasteiger partial charge in [-0.3, -0.25) is 0 Å². The number of hydrogen-bond donors (Lipinski definition) is 1. The Hall–Kier alpha value is -1.33. The Morgan fingerprint density at radius 2 is 2.33 bits per heavy atom. The van der Waals surface area contributed by atoms with Gasteiger partial charge in [0.1, 0.15) is 0 Å². The fourth-order valence-electron chi connectivity index (χ4n) is 1.11. The third-order valence-electron chi connectivity index (χ3n) is 1.59. The maximum Gasteiger partial charge on any atom is 0.0991 e. The van der Waals surface area contributed by atoms with Gasteiger partial charge >= 0.3 is 0 Å². The zero-order valence-electron chi connectivity index (χ0n) is 6.99. The van der Waals surface area contributed by atoms with Crippen LogP contribution in [0.25, 0.3) is 0 Å². The molecule has 1 aromatic rings. The second kappa shape index (κ2) is 3.89. The number of nitriles is 1. The van der Waals surface area contributed by atoms with Crippen molar-refractivity contribution in [2.45, 2.75) is 19.4 Å². The molecule has 0 aromatic heterocycles. The van der Waals surface area contributed by atoms with Crippen LogP contribution in [0.1, 0.15) is 18.1 Å². The number of aliphatic hydroxyl groups excluding tert-OH is 1. The lowest BCUT2D eigenvalue weighted by Crippen LogP contribution is -2.03. The molecule has 0 aliphatic heterocycles. The van der Waals surface area contributed by atoms with Gasteiger partial charge in [0.05, 0.1) is 17.7 Å². The fourth-order valence-corrected chi connectivity index (χ4v) is 1.11. The third-order valence-corrected chi connectivity index (χ3v) is 1.59. The van der Waals surface area contributed by atoms with Crippen molar-refractivity contribution in [3.63, 3.8) is 0 Å². The van der Waals surface area contributed by atoms with Crippen LogP contribution >= 0.6 is 0 Å². The predicted octanol–water partition coefficient (Wildman–Crippen LogP) is 1.48. The maximum atomic E-state index is 9.09. The van der Waals surface area contributed by atoms with Crippen LogP contribution in [0.3, 0.4) is 0 Å². The van der Waals surface area contributed by atoms with E-state index in [2.05, 4.69) is 6.07 Å². The minimum absolute atomic E-state index is 0.348. The highest BCUT2D eigenvalue weighted by molar-refractivity contribution is 5.32. The highest BCUT2D eigenvalue weighted by Gasteiger charge is 1.99. The van der Waals surface area contributed by atoms with Crippen LogP contribution in [0, 0.1) is 11.3 Å². The molecule has 2 nitrogen and oxygen atoms in total. The first-order valence-electron chi connectivity index (χ1n) is 3.89. The van der Waals surface area contributed by atoms with E-state index in [0.29, 0.717) is 12.0 Å². The highest BCUT2D eigenvalue weighted by Crippen LogP contribution is 2.06. The van der Waals surface area contributed by atoms with E-state index in [1.165, 1.54) is 0 Å². The van der Waals surface area contributed by atoms with Gasteiger partial charge in [0.2, 0.25) is 0 Å². The van der Waals surface area contributed by atoms with Gasteiger partial charge in [-0.25, -0.2) is 0 Å². The molecule has 0 saturated heterocycles. The molecule has 0 unspecified atom stereocenters. The van der Waals surface area contributed by atoms with Crippen molar-refractivity contribution >= 4 is 0 Å². The number of hydrogen-bond acceptors (Lipinski definition) is 2. The van der Waals surface area contributed by atoms with Crippen LogP contribution in [0.15, 0.2) is 24.3 Å². The quantitative estimate of drug-likeness (QED) is 0.714. The predicted molar refractivity (Wildman–Crippen MR) is 46.5 cm³/mol. The molecular formula is C10H11NO. The lowest BCUT2D eigenvalue weighted by molar-refractivity contribution is 0.195. The minimum atomic E-state index is -0.348. The van der Waals surface area contributed by atoms with E-state index >= 15 is 0 Å². The van der Waals surface area contributed by atoms with E-state index in [1.54, 1.807) is 19.1 Å². The summed E-state index contributed by atoms with van der Waals surface area (Å²) in [5.74, 6) is 0. The average molecular weight is 161 g/mol. The molecule has 12 heavy (non-hydrogen) atoms. The Balaban J connectivity index is 2.81. The summed E-state index contributed by atoms with van der Waals surface area (Å²) < 4.78 is 0. The van der Waals surface area contributed by atoms with E-state index in [4.69, 9.17) is 10.4 Å². The molecule has 1 atom stereocenters. The Kier molecular flexibility index (Phi) is 2.84. The lowest BCUT2D eigenvalue weighted by Gasteiger charge is -2.03. The number of aliphatic hydroxyl groups is 1. The van der Waals surface area contributed by atoms with Crippen molar-refractivity contribution in [3.05, 3.63) is 35.4 Å². The second-order valence-corrected chi connectivity index (χ2v) is 2.87. The maximum absolute atomic E-state index is 9.09. The number of nitrogens with zero attached hydrogens (tertiary/aromatic N) is 1. The fraction of sp³-hybridized carbons (Fsp3) is 0.300. The Morgan fingerprint density at radius 3 is 2.92 bits per heavy atom. The van der Waals surface area contributed by atoms with Gasteiger partial charge in [-0.05, 0) is 31.0 Å². The van der Waals surface area contributed by atoms with E-state index in [-0.39, 0.29) is 6.10 Å².